The number of rotatable bonds is 3. The topological polar surface area (TPSA) is 32.3 Å². The second kappa shape index (κ2) is 8.72. The normalized spacial score (nSPS) is 17.9. The van der Waals surface area contributed by atoms with E-state index in [0.717, 1.165) is 6.54 Å². The Bertz CT molecular complexity index is 163. The van der Waals surface area contributed by atoms with Crippen molar-refractivity contribution in [2.24, 2.45) is 5.92 Å². The predicted octanol–water partition coefficient (Wildman–Crippen LogP) is 1.88. The van der Waals surface area contributed by atoms with Crippen molar-refractivity contribution < 1.29 is 4.79 Å². The van der Waals surface area contributed by atoms with Crippen LogP contribution in [0.1, 0.15) is 40.0 Å². The molecule has 1 N–H and O–H groups in total. The van der Waals surface area contributed by atoms with E-state index < -0.39 is 0 Å². The van der Waals surface area contributed by atoms with Gasteiger partial charge in [0.15, 0.2) is 0 Å². The Morgan fingerprint density at radius 2 is 1.87 bits per heavy atom. The van der Waals surface area contributed by atoms with Crippen LogP contribution in [-0.4, -0.2) is 37.5 Å². The Balaban J connectivity index is 0.000000921. The van der Waals surface area contributed by atoms with Gasteiger partial charge < -0.3 is 10.2 Å². The second-order valence-corrected chi connectivity index (χ2v) is 3.90. The number of piperidine rings is 1. The fourth-order valence-electron chi connectivity index (χ4n) is 1.65. The highest BCUT2D eigenvalue weighted by molar-refractivity contribution is 5.75. The first kappa shape index (κ1) is 14.4. The number of hydrogen-bond acceptors (Lipinski definition) is 2. The Morgan fingerprint density at radius 1 is 1.33 bits per heavy atom. The first-order chi connectivity index (χ1) is 7.22. The maximum atomic E-state index is 11.0. The van der Waals surface area contributed by atoms with E-state index in [0.29, 0.717) is 12.3 Å². The molecular weight excluding hydrogens is 188 g/mol. The van der Waals surface area contributed by atoms with Crippen molar-refractivity contribution in [3.63, 3.8) is 0 Å². The largest absolute Gasteiger partial charge is 0.356 e. The van der Waals surface area contributed by atoms with Crippen LogP contribution in [0.5, 0.6) is 0 Å². The molecule has 0 atom stereocenters. The van der Waals surface area contributed by atoms with Gasteiger partial charge in [-0.1, -0.05) is 20.8 Å². The van der Waals surface area contributed by atoms with Crippen LogP contribution in [0.15, 0.2) is 0 Å². The van der Waals surface area contributed by atoms with Crippen LogP contribution in [0, 0.1) is 5.92 Å². The van der Waals surface area contributed by atoms with Crippen molar-refractivity contribution in [3.05, 3.63) is 0 Å². The molecule has 0 unspecified atom stereocenters. The van der Waals surface area contributed by atoms with Crippen molar-refractivity contribution >= 4 is 5.91 Å². The summed E-state index contributed by atoms with van der Waals surface area (Å²) in [5.74, 6) is 0.880. The first-order valence-electron chi connectivity index (χ1n) is 6.17. The summed E-state index contributed by atoms with van der Waals surface area (Å²) in [6.07, 6.45) is 3.05. The third-order valence-electron chi connectivity index (χ3n) is 2.75. The van der Waals surface area contributed by atoms with Crippen LogP contribution < -0.4 is 5.32 Å². The van der Waals surface area contributed by atoms with Gasteiger partial charge in [-0.05, 0) is 38.9 Å². The zero-order chi connectivity index (χ0) is 11.7. The Kier molecular flexibility index (Phi) is 8.38. The molecule has 1 aliphatic heterocycles. The summed E-state index contributed by atoms with van der Waals surface area (Å²) in [6, 6.07) is 0. The molecule has 0 radical (unpaired) electrons. The summed E-state index contributed by atoms with van der Waals surface area (Å²) in [5, 5.41) is 2.96. The highest BCUT2D eigenvalue weighted by atomic mass is 16.1. The summed E-state index contributed by atoms with van der Waals surface area (Å²) in [4.78, 5) is 13.3. The molecule has 1 aliphatic rings. The number of nitrogens with zero attached hydrogens (tertiary/aromatic N) is 1. The van der Waals surface area contributed by atoms with Crippen LogP contribution in [0.4, 0.5) is 0 Å². The molecule has 15 heavy (non-hydrogen) atoms. The number of carbonyl (C=O) groups excluding carboxylic acids is 1. The van der Waals surface area contributed by atoms with E-state index in [9.17, 15) is 4.79 Å². The summed E-state index contributed by atoms with van der Waals surface area (Å²) in [5.41, 5.74) is 0. The van der Waals surface area contributed by atoms with Gasteiger partial charge in [0.25, 0.3) is 0 Å². The van der Waals surface area contributed by atoms with Gasteiger partial charge >= 0.3 is 0 Å². The standard InChI is InChI=1S/C10H20N2O.C2H6/c1-3-10(13)11-8-9-4-6-12(2)7-5-9;1-2/h9H,3-8H2,1-2H3,(H,11,13);1-2H3. The van der Waals surface area contributed by atoms with Gasteiger partial charge in [-0.25, -0.2) is 0 Å². The van der Waals surface area contributed by atoms with Gasteiger partial charge in [0.05, 0.1) is 0 Å². The molecule has 1 amide bonds. The molecule has 3 nitrogen and oxygen atoms in total. The molecule has 1 heterocycles. The van der Waals surface area contributed by atoms with Crippen molar-refractivity contribution in [3.8, 4) is 0 Å². The lowest BCUT2D eigenvalue weighted by atomic mass is 9.97. The second-order valence-electron chi connectivity index (χ2n) is 3.90. The third kappa shape index (κ3) is 6.50. The minimum atomic E-state index is 0.180. The minimum absolute atomic E-state index is 0.180. The molecule has 1 rings (SSSR count). The lowest BCUT2D eigenvalue weighted by Crippen LogP contribution is -2.36. The zero-order valence-corrected chi connectivity index (χ0v) is 10.7. The van der Waals surface area contributed by atoms with Gasteiger partial charge in [-0.15, -0.1) is 0 Å². The average Bonchev–Trinajstić information content (AvgIpc) is 2.30. The van der Waals surface area contributed by atoms with Crippen molar-refractivity contribution in [2.45, 2.75) is 40.0 Å². The summed E-state index contributed by atoms with van der Waals surface area (Å²) in [6.45, 7) is 9.11. The Morgan fingerprint density at radius 3 is 2.33 bits per heavy atom. The number of likely N-dealkylation sites (tertiary alicyclic amines) is 1. The van der Waals surface area contributed by atoms with E-state index in [2.05, 4.69) is 17.3 Å². The highest BCUT2D eigenvalue weighted by Gasteiger charge is 2.16. The monoisotopic (exact) mass is 214 g/mol. The summed E-state index contributed by atoms with van der Waals surface area (Å²) >= 11 is 0. The maximum absolute atomic E-state index is 11.0. The number of carbonyl (C=O) groups is 1. The van der Waals surface area contributed by atoms with Gasteiger partial charge in [-0.3, -0.25) is 4.79 Å². The number of hydrogen-bond donors (Lipinski definition) is 1. The van der Waals surface area contributed by atoms with Crippen LogP contribution in [0.2, 0.25) is 0 Å². The molecule has 0 aliphatic carbocycles. The lowest BCUT2D eigenvalue weighted by molar-refractivity contribution is -0.121. The van der Waals surface area contributed by atoms with Gasteiger partial charge in [0, 0.05) is 13.0 Å². The minimum Gasteiger partial charge on any atom is -0.356 e. The molecule has 0 spiro atoms. The molecule has 0 aromatic heterocycles. The van der Waals surface area contributed by atoms with Crippen molar-refractivity contribution in [2.75, 3.05) is 26.7 Å². The van der Waals surface area contributed by atoms with Gasteiger partial charge in [0.1, 0.15) is 0 Å². The summed E-state index contributed by atoms with van der Waals surface area (Å²) < 4.78 is 0. The van der Waals surface area contributed by atoms with E-state index in [1.54, 1.807) is 0 Å². The third-order valence-corrected chi connectivity index (χ3v) is 2.75. The van der Waals surface area contributed by atoms with Gasteiger partial charge in [0.2, 0.25) is 5.91 Å². The van der Waals surface area contributed by atoms with E-state index in [4.69, 9.17) is 0 Å². The van der Waals surface area contributed by atoms with E-state index in [1.165, 1.54) is 25.9 Å². The number of amides is 1. The van der Waals surface area contributed by atoms with Crippen LogP contribution in [0.3, 0.4) is 0 Å². The maximum Gasteiger partial charge on any atom is 0.219 e. The van der Waals surface area contributed by atoms with Crippen molar-refractivity contribution in [1.82, 2.24) is 10.2 Å². The zero-order valence-electron chi connectivity index (χ0n) is 10.7. The molecule has 1 saturated heterocycles. The molecule has 0 saturated carbocycles. The Labute approximate surface area is 94.2 Å². The Hall–Kier alpha value is -0.570. The predicted molar refractivity (Wildman–Crippen MR) is 64.9 cm³/mol. The van der Waals surface area contributed by atoms with E-state index >= 15 is 0 Å². The highest BCUT2D eigenvalue weighted by Crippen LogP contribution is 2.14. The van der Waals surface area contributed by atoms with E-state index in [-0.39, 0.29) is 5.91 Å². The molecular formula is C12H26N2O. The quantitative estimate of drug-likeness (QED) is 0.778. The molecule has 90 valence electrons. The summed E-state index contributed by atoms with van der Waals surface area (Å²) in [7, 11) is 2.15. The molecule has 1 fully saturated rings. The molecule has 0 bridgehead atoms. The number of nitrogens with one attached hydrogen (secondary N) is 1. The SMILES string of the molecule is CC.CCC(=O)NCC1CCN(C)CC1. The molecule has 0 aromatic carbocycles. The fraction of sp³-hybridized carbons (Fsp3) is 0.917. The smallest absolute Gasteiger partial charge is 0.219 e. The van der Waals surface area contributed by atoms with Crippen LogP contribution in [-0.2, 0) is 4.79 Å². The van der Waals surface area contributed by atoms with E-state index in [1.807, 2.05) is 20.8 Å². The first-order valence-corrected chi connectivity index (χ1v) is 6.17. The van der Waals surface area contributed by atoms with Crippen LogP contribution >= 0.6 is 0 Å². The molecule has 0 aromatic rings. The van der Waals surface area contributed by atoms with Crippen LogP contribution in [0.25, 0.3) is 0 Å². The van der Waals surface area contributed by atoms with Gasteiger partial charge in [-0.2, -0.15) is 0 Å². The fourth-order valence-corrected chi connectivity index (χ4v) is 1.65. The molecule has 3 heteroatoms. The lowest BCUT2D eigenvalue weighted by Gasteiger charge is -2.28. The van der Waals surface area contributed by atoms with Crippen molar-refractivity contribution in [1.29, 1.82) is 0 Å². The average molecular weight is 214 g/mol.